The number of nitrogens with two attached hydrogens (primary N) is 2. The maximum absolute atomic E-state index is 12.4. The van der Waals surface area contributed by atoms with Gasteiger partial charge < -0.3 is 20.4 Å². The van der Waals surface area contributed by atoms with E-state index in [1.54, 1.807) is 24.3 Å². The highest BCUT2D eigenvalue weighted by atomic mass is 32.2. The molecule has 2 aromatic carbocycles. The molecule has 8 nitrogen and oxygen atoms in total. The minimum Gasteiger partial charge on any atom is -0.493 e. The molecule has 2 aromatic rings. The summed E-state index contributed by atoms with van der Waals surface area (Å²) in [6.07, 6.45) is 1.39. The SMILES string of the molecule is COc1cc(/C=N/N=C(N)N)ccc1OS(=O)(=O)c1ccc(C)cc1. The van der Waals surface area contributed by atoms with Gasteiger partial charge in [0.1, 0.15) is 4.90 Å². The highest BCUT2D eigenvalue weighted by Gasteiger charge is 2.19. The summed E-state index contributed by atoms with van der Waals surface area (Å²) in [5.41, 5.74) is 11.9. The molecule has 0 spiro atoms. The summed E-state index contributed by atoms with van der Waals surface area (Å²) in [6.45, 7) is 1.86. The maximum atomic E-state index is 12.4. The zero-order chi connectivity index (χ0) is 18.4. The Morgan fingerprint density at radius 3 is 2.36 bits per heavy atom. The van der Waals surface area contributed by atoms with Gasteiger partial charge in [0.05, 0.1) is 13.3 Å². The van der Waals surface area contributed by atoms with E-state index in [1.807, 2.05) is 6.92 Å². The number of ether oxygens (including phenoxy) is 1. The van der Waals surface area contributed by atoms with E-state index in [0.29, 0.717) is 5.56 Å². The third kappa shape index (κ3) is 4.95. The second kappa shape index (κ2) is 7.67. The normalized spacial score (nSPS) is 11.3. The number of rotatable bonds is 6. The topological polar surface area (TPSA) is 129 Å². The van der Waals surface area contributed by atoms with Crippen molar-refractivity contribution in [3.63, 3.8) is 0 Å². The molecule has 0 aliphatic heterocycles. The van der Waals surface area contributed by atoms with Gasteiger partial charge in [-0.1, -0.05) is 17.7 Å². The fourth-order valence-corrected chi connectivity index (χ4v) is 2.81. The Labute approximate surface area is 145 Å². The quantitative estimate of drug-likeness (QED) is 0.346. The minimum atomic E-state index is -3.97. The molecule has 0 saturated carbocycles. The Bertz CT molecular complexity index is 902. The molecule has 0 atom stereocenters. The first-order valence-electron chi connectivity index (χ1n) is 7.13. The van der Waals surface area contributed by atoms with Crippen LogP contribution in [0.2, 0.25) is 0 Å². The van der Waals surface area contributed by atoms with Gasteiger partial charge in [-0.2, -0.15) is 13.5 Å². The summed E-state index contributed by atoms with van der Waals surface area (Å²) in [7, 11) is -2.57. The molecule has 0 unspecified atom stereocenters. The second-order valence-electron chi connectivity index (χ2n) is 5.03. The van der Waals surface area contributed by atoms with Crippen molar-refractivity contribution in [2.24, 2.45) is 21.7 Å². The predicted molar refractivity (Wildman–Crippen MR) is 95.4 cm³/mol. The second-order valence-corrected chi connectivity index (χ2v) is 6.58. The highest BCUT2D eigenvalue weighted by Crippen LogP contribution is 2.30. The standard InChI is InChI=1S/C16H18N4O4S/c1-11-3-6-13(7-4-11)25(21,22)24-14-8-5-12(9-15(14)23-2)10-19-20-16(17)18/h3-10H,1-2H3,(H4,17,18,20)/b19-10+. The van der Waals surface area contributed by atoms with E-state index in [9.17, 15) is 8.42 Å². The van der Waals surface area contributed by atoms with Crippen LogP contribution >= 0.6 is 0 Å². The molecule has 0 aromatic heterocycles. The zero-order valence-electron chi connectivity index (χ0n) is 13.7. The third-order valence-electron chi connectivity index (χ3n) is 3.08. The summed E-state index contributed by atoms with van der Waals surface area (Å²) in [5, 5.41) is 7.15. The van der Waals surface area contributed by atoms with Gasteiger partial charge in [-0.05, 0) is 42.8 Å². The van der Waals surface area contributed by atoms with Crippen LogP contribution in [0.3, 0.4) is 0 Å². The summed E-state index contributed by atoms with van der Waals surface area (Å²) >= 11 is 0. The molecule has 0 bridgehead atoms. The van der Waals surface area contributed by atoms with Crippen LogP contribution in [-0.2, 0) is 10.1 Å². The number of methoxy groups -OCH3 is 1. The van der Waals surface area contributed by atoms with E-state index in [-0.39, 0.29) is 22.4 Å². The lowest BCUT2D eigenvalue weighted by Gasteiger charge is -2.11. The van der Waals surface area contributed by atoms with Crippen LogP contribution in [0.15, 0.2) is 57.6 Å². The number of nitrogens with zero attached hydrogens (tertiary/aromatic N) is 2. The van der Waals surface area contributed by atoms with Crippen molar-refractivity contribution in [2.75, 3.05) is 7.11 Å². The lowest BCUT2D eigenvalue weighted by Crippen LogP contribution is -2.21. The Morgan fingerprint density at radius 2 is 1.76 bits per heavy atom. The number of aryl methyl sites for hydroxylation is 1. The first kappa shape index (κ1) is 18.3. The van der Waals surface area contributed by atoms with E-state index in [2.05, 4.69) is 10.2 Å². The highest BCUT2D eigenvalue weighted by molar-refractivity contribution is 7.87. The molecule has 0 radical (unpaired) electrons. The fraction of sp³-hybridized carbons (Fsp3) is 0.125. The lowest BCUT2D eigenvalue weighted by molar-refractivity contribution is 0.390. The third-order valence-corrected chi connectivity index (χ3v) is 4.33. The maximum Gasteiger partial charge on any atom is 0.339 e. The molecule has 132 valence electrons. The van der Waals surface area contributed by atoms with E-state index >= 15 is 0 Å². The molecule has 0 heterocycles. The molecule has 2 rings (SSSR count). The Kier molecular flexibility index (Phi) is 5.60. The first-order valence-corrected chi connectivity index (χ1v) is 8.54. The summed E-state index contributed by atoms with van der Waals surface area (Å²) in [5.74, 6) is 0.110. The Balaban J connectivity index is 2.28. The van der Waals surface area contributed by atoms with Crippen LogP contribution < -0.4 is 20.4 Å². The number of guanidine groups is 1. The monoisotopic (exact) mass is 362 g/mol. The lowest BCUT2D eigenvalue weighted by atomic mass is 10.2. The van der Waals surface area contributed by atoms with Crippen LogP contribution in [0, 0.1) is 6.92 Å². The van der Waals surface area contributed by atoms with Crippen LogP contribution in [0.5, 0.6) is 11.5 Å². The number of benzene rings is 2. The minimum absolute atomic E-state index is 0.0542. The van der Waals surface area contributed by atoms with Crippen molar-refractivity contribution < 1.29 is 17.3 Å². The van der Waals surface area contributed by atoms with Crippen LogP contribution in [0.25, 0.3) is 0 Å². The van der Waals surface area contributed by atoms with Crippen LogP contribution in [0.1, 0.15) is 11.1 Å². The smallest absolute Gasteiger partial charge is 0.339 e. The van der Waals surface area contributed by atoms with Gasteiger partial charge in [0.2, 0.25) is 5.96 Å². The molecule has 0 saturated heterocycles. The van der Waals surface area contributed by atoms with E-state index in [0.717, 1.165) is 5.56 Å². The van der Waals surface area contributed by atoms with Crippen molar-refractivity contribution >= 4 is 22.3 Å². The van der Waals surface area contributed by atoms with E-state index < -0.39 is 10.1 Å². The molecule has 0 aliphatic carbocycles. The van der Waals surface area contributed by atoms with Crippen molar-refractivity contribution in [3.05, 3.63) is 53.6 Å². The summed E-state index contributed by atoms with van der Waals surface area (Å²) in [4.78, 5) is 0.0542. The van der Waals surface area contributed by atoms with Gasteiger partial charge in [0, 0.05) is 0 Å². The molecule has 0 amide bonds. The molecule has 25 heavy (non-hydrogen) atoms. The first-order chi connectivity index (χ1) is 11.8. The largest absolute Gasteiger partial charge is 0.493 e. The summed E-state index contributed by atoms with van der Waals surface area (Å²) in [6, 6.07) is 10.9. The molecule has 4 N–H and O–H groups in total. The van der Waals surface area contributed by atoms with Crippen molar-refractivity contribution in [1.82, 2.24) is 0 Å². The predicted octanol–water partition coefficient (Wildman–Crippen LogP) is 1.38. The molecule has 9 heteroatoms. The number of hydrogen-bond acceptors (Lipinski definition) is 6. The average molecular weight is 362 g/mol. The van der Waals surface area contributed by atoms with Crippen molar-refractivity contribution in [1.29, 1.82) is 0 Å². The molecule has 0 aliphatic rings. The van der Waals surface area contributed by atoms with Crippen LogP contribution in [-0.4, -0.2) is 27.7 Å². The van der Waals surface area contributed by atoms with Gasteiger partial charge in [-0.25, -0.2) is 0 Å². The van der Waals surface area contributed by atoms with Crippen LogP contribution in [0.4, 0.5) is 0 Å². The Morgan fingerprint density at radius 1 is 1.08 bits per heavy atom. The molecular formula is C16H18N4O4S. The molecular weight excluding hydrogens is 344 g/mol. The van der Waals surface area contributed by atoms with Crippen molar-refractivity contribution in [3.8, 4) is 11.5 Å². The van der Waals surface area contributed by atoms with E-state index in [1.165, 1.54) is 31.5 Å². The zero-order valence-corrected chi connectivity index (χ0v) is 14.5. The van der Waals surface area contributed by atoms with Gasteiger partial charge in [0.25, 0.3) is 0 Å². The fourth-order valence-electron chi connectivity index (χ4n) is 1.87. The van der Waals surface area contributed by atoms with E-state index in [4.69, 9.17) is 20.4 Å². The Hall–Kier alpha value is -3.07. The summed E-state index contributed by atoms with van der Waals surface area (Å²) < 4.78 is 35.1. The van der Waals surface area contributed by atoms with Gasteiger partial charge in [-0.3, -0.25) is 0 Å². The number of hydrogen-bond donors (Lipinski definition) is 2. The van der Waals surface area contributed by atoms with Crippen molar-refractivity contribution in [2.45, 2.75) is 11.8 Å². The van der Waals surface area contributed by atoms with Gasteiger partial charge in [0.15, 0.2) is 11.5 Å². The van der Waals surface area contributed by atoms with Gasteiger partial charge >= 0.3 is 10.1 Å². The average Bonchev–Trinajstić information content (AvgIpc) is 2.56. The molecule has 0 fully saturated rings. The van der Waals surface area contributed by atoms with Gasteiger partial charge in [-0.15, -0.1) is 5.10 Å².